The number of halogens is 1. The first-order valence-electron chi connectivity index (χ1n) is 9.14. The van der Waals surface area contributed by atoms with Crippen LogP contribution in [0.1, 0.15) is 32.6 Å². The average Bonchev–Trinajstić information content (AvgIpc) is 2.55. The van der Waals surface area contributed by atoms with Crippen molar-refractivity contribution in [3.63, 3.8) is 0 Å². The van der Waals surface area contributed by atoms with Gasteiger partial charge in [-0.3, -0.25) is 0 Å². The summed E-state index contributed by atoms with van der Waals surface area (Å²) in [5.41, 5.74) is 0.761. The van der Waals surface area contributed by atoms with Gasteiger partial charge in [-0.05, 0) is 62.3 Å². The lowest BCUT2D eigenvalue weighted by molar-refractivity contribution is 0.125. The normalized spacial score (nSPS) is 23.2. The predicted octanol–water partition coefficient (Wildman–Crippen LogP) is 4.32. The van der Waals surface area contributed by atoms with Crippen LogP contribution in [0.4, 0.5) is 10.5 Å². The fourth-order valence-corrected chi connectivity index (χ4v) is 4.10. The summed E-state index contributed by atoms with van der Waals surface area (Å²) in [6, 6.07) is 7.30. The predicted molar refractivity (Wildman–Crippen MR) is 99.6 cm³/mol. The minimum absolute atomic E-state index is 0.0117. The molecule has 1 aromatic rings. The first kappa shape index (κ1) is 17.6. The summed E-state index contributed by atoms with van der Waals surface area (Å²) in [5, 5.41) is 3.59. The van der Waals surface area contributed by atoms with Crippen LogP contribution >= 0.6 is 11.6 Å². The monoisotopic (exact) mass is 349 g/mol. The summed E-state index contributed by atoms with van der Waals surface area (Å²) in [6.07, 6.45) is 4.92. The van der Waals surface area contributed by atoms with Crippen LogP contribution in [0.5, 0.6) is 0 Å². The lowest BCUT2D eigenvalue weighted by atomic mass is 9.94. The van der Waals surface area contributed by atoms with Crippen molar-refractivity contribution in [2.45, 2.75) is 32.6 Å². The largest absolute Gasteiger partial charge is 0.325 e. The number of likely N-dealkylation sites (tertiary alicyclic amines) is 2. The lowest BCUT2D eigenvalue weighted by Crippen LogP contribution is -2.44. The Morgan fingerprint density at radius 2 is 2.04 bits per heavy atom. The molecule has 0 radical (unpaired) electrons. The van der Waals surface area contributed by atoms with Gasteiger partial charge in [-0.1, -0.05) is 24.6 Å². The molecule has 0 spiro atoms. The third-order valence-corrected chi connectivity index (χ3v) is 5.47. The van der Waals surface area contributed by atoms with E-state index in [1.54, 1.807) is 6.07 Å². The molecule has 0 aromatic heterocycles. The summed E-state index contributed by atoms with van der Waals surface area (Å²) in [7, 11) is 0. The summed E-state index contributed by atoms with van der Waals surface area (Å²) in [5.74, 6) is 1.56. The molecule has 1 N–H and O–H groups in total. The number of hydrogen-bond acceptors (Lipinski definition) is 2. The number of benzene rings is 1. The Hall–Kier alpha value is -1.26. The summed E-state index contributed by atoms with van der Waals surface area (Å²) in [6.45, 7) is 7.75. The van der Waals surface area contributed by atoms with E-state index in [9.17, 15) is 4.79 Å². The molecule has 0 aliphatic carbocycles. The number of carbonyl (C=O) groups is 1. The summed E-state index contributed by atoms with van der Waals surface area (Å²) in [4.78, 5) is 16.9. The highest BCUT2D eigenvalue weighted by Gasteiger charge is 2.25. The van der Waals surface area contributed by atoms with Gasteiger partial charge in [-0.2, -0.15) is 0 Å². The Bertz CT molecular complexity index is 557. The Kier molecular flexibility index (Phi) is 6.01. The van der Waals surface area contributed by atoms with Crippen LogP contribution in [0.25, 0.3) is 0 Å². The first-order valence-corrected chi connectivity index (χ1v) is 9.52. The smallest absolute Gasteiger partial charge is 0.321 e. The van der Waals surface area contributed by atoms with Crippen LogP contribution in [0.2, 0.25) is 5.02 Å². The number of nitrogens with zero attached hydrogens (tertiary/aromatic N) is 2. The number of piperidine rings is 2. The molecule has 1 atom stereocenters. The molecule has 2 saturated heterocycles. The zero-order valence-corrected chi connectivity index (χ0v) is 15.3. The Labute approximate surface area is 150 Å². The summed E-state index contributed by atoms with van der Waals surface area (Å²) >= 11 is 5.97. The van der Waals surface area contributed by atoms with Crippen molar-refractivity contribution in [3.05, 3.63) is 29.3 Å². The van der Waals surface area contributed by atoms with Crippen LogP contribution in [0, 0.1) is 11.8 Å². The SMILES string of the molecule is C[C@H]1CCCN(CC2CCN(C(=O)Nc3cccc(Cl)c3)CC2)C1. The van der Waals surface area contributed by atoms with E-state index in [2.05, 4.69) is 17.1 Å². The van der Waals surface area contributed by atoms with E-state index in [0.717, 1.165) is 43.5 Å². The van der Waals surface area contributed by atoms with Gasteiger partial charge in [0.15, 0.2) is 0 Å². The van der Waals surface area contributed by atoms with Crippen molar-refractivity contribution in [3.8, 4) is 0 Å². The van der Waals surface area contributed by atoms with E-state index in [0.29, 0.717) is 5.02 Å². The van der Waals surface area contributed by atoms with Crippen LogP contribution in [-0.4, -0.2) is 48.6 Å². The molecule has 2 amide bonds. The molecule has 24 heavy (non-hydrogen) atoms. The molecule has 2 aliphatic heterocycles. The van der Waals surface area contributed by atoms with E-state index in [-0.39, 0.29) is 6.03 Å². The molecule has 0 bridgehead atoms. The van der Waals surface area contributed by atoms with Crippen molar-refractivity contribution in [2.24, 2.45) is 11.8 Å². The minimum atomic E-state index is -0.0117. The van der Waals surface area contributed by atoms with E-state index in [1.165, 1.54) is 32.5 Å². The highest BCUT2D eigenvalue weighted by molar-refractivity contribution is 6.30. The average molecular weight is 350 g/mol. The highest BCUT2D eigenvalue weighted by Crippen LogP contribution is 2.23. The molecule has 5 heteroatoms. The van der Waals surface area contributed by atoms with Gasteiger partial charge in [0.2, 0.25) is 0 Å². The van der Waals surface area contributed by atoms with Crippen molar-refractivity contribution < 1.29 is 4.79 Å². The quantitative estimate of drug-likeness (QED) is 0.882. The maximum absolute atomic E-state index is 12.4. The molecule has 132 valence electrons. The van der Waals surface area contributed by atoms with Gasteiger partial charge in [-0.25, -0.2) is 4.79 Å². The second kappa shape index (κ2) is 8.21. The lowest BCUT2D eigenvalue weighted by Gasteiger charge is -2.37. The molecule has 2 heterocycles. The summed E-state index contributed by atoms with van der Waals surface area (Å²) < 4.78 is 0. The first-order chi connectivity index (χ1) is 11.6. The van der Waals surface area contributed by atoms with Gasteiger partial charge in [0, 0.05) is 36.9 Å². The highest BCUT2D eigenvalue weighted by atomic mass is 35.5. The minimum Gasteiger partial charge on any atom is -0.325 e. The number of rotatable bonds is 3. The number of carbonyl (C=O) groups excluding carboxylic acids is 1. The molecule has 0 saturated carbocycles. The van der Waals surface area contributed by atoms with Crippen molar-refractivity contribution in [2.75, 3.05) is 38.0 Å². The Morgan fingerprint density at radius 1 is 1.25 bits per heavy atom. The number of amides is 2. The van der Waals surface area contributed by atoms with Crippen LogP contribution < -0.4 is 5.32 Å². The Balaban J connectivity index is 1.43. The van der Waals surface area contributed by atoms with Crippen LogP contribution in [-0.2, 0) is 0 Å². The standard InChI is InChI=1S/C19H28ClN3O/c1-15-4-3-9-22(13-15)14-16-7-10-23(11-8-16)19(24)21-18-6-2-5-17(20)12-18/h2,5-6,12,15-16H,3-4,7-11,13-14H2,1H3,(H,21,24)/t15-/m0/s1. The van der Waals surface area contributed by atoms with Gasteiger partial charge in [-0.15, -0.1) is 0 Å². The van der Waals surface area contributed by atoms with Gasteiger partial charge in [0.1, 0.15) is 0 Å². The second-order valence-corrected chi connectivity index (χ2v) is 7.81. The van der Waals surface area contributed by atoms with E-state index < -0.39 is 0 Å². The van der Waals surface area contributed by atoms with E-state index in [4.69, 9.17) is 11.6 Å². The van der Waals surface area contributed by atoms with Crippen molar-refractivity contribution in [1.82, 2.24) is 9.80 Å². The van der Waals surface area contributed by atoms with Gasteiger partial charge in [0.25, 0.3) is 0 Å². The third-order valence-electron chi connectivity index (χ3n) is 5.24. The van der Waals surface area contributed by atoms with E-state index >= 15 is 0 Å². The van der Waals surface area contributed by atoms with Gasteiger partial charge in [0.05, 0.1) is 0 Å². The number of nitrogens with one attached hydrogen (secondary N) is 1. The maximum Gasteiger partial charge on any atom is 0.321 e. The van der Waals surface area contributed by atoms with Crippen molar-refractivity contribution >= 4 is 23.3 Å². The molecule has 4 nitrogen and oxygen atoms in total. The Morgan fingerprint density at radius 3 is 2.75 bits per heavy atom. The fraction of sp³-hybridized carbons (Fsp3) is 0.632. The zero-order chi connectivity index (χ0) is 16.9. The number of anilines is 1. The number of urea groups is 1. The van der Waals surface area contributed by atoms with Gasteiger partial charge < -0.3 is 15.1 Å². The molecule has 3 rings (SSSR count). The van der Waals surface area contributed by atoms with Crippen LogP contribution in [0.3, 0.4) is 0 Å². The number of hydrogen-bond donors (Lipinski definition) is 1. The van der Waals surface area contributed by atoms with Crippen LogP contribution in [0.15, 0.2) is 24.3 Å². The second-order valence-electron chi connectivity index (χ2n) is 7.38. The fourth-order valence-electron chi connectivity index (χ4n) is 3.91. The molecule has 2 aliphatic rings. The molecular weight excluding hydrogens is 322 g/mol. The molecule has 1 aromatic carbocycles. The molecule has 2 fully saturated rings. The van der Waals surface area contributed by atoms with E-state index in [1.807, 2.05) is 23.1 Å². The maximum atomic E-state index is 12.4. The molecule has 0 unspecified atom stereocenters. The van der Waals surface area contributed by atoms with Gasteiger partial charge >= 0.3 is 6.03 Å². The third kappa shape index (κ3) is 4.87. The molecular formula is C19H28ClN3O. The zero-order valence-electron chi connectivity index (χ0n) is 14.5. The van der Waals surface area contributed by atoms with Crippen molar-refractivity contribution in [1.29, 1.82) is 0 Å². The topological polar surface area (TPSA) is 35.6 Å².